The van der Waals surface area contributed by atoms with Gasteiger partial charge in [-0.2, -0.15) is 0 Å². The average molecular weight is 285 g/mol. The molecule has 1 atom stereocenters. The second-order valence-electron chi connectivity index (χ2n) is 4.42. The predicted molar refractivity (Wildman–Crippen MR) is 67.6 cm³/mol. The van der Waals surface area contributed by atoms with Gasteiger partial charge in [-0.05, 0) is 42.5 Å². The number of benzene rings is 1. The van der Waals surface area contributed by atoms with Crippen LogP contribution in [0.5, 0.6) is 5.75 Å². The van der Waals surface area contributed by atoms with Crippen LogP contribution in [-0.4, -0.2) is 12.2 Å². The molecule has 0 radical (unpaired) electrons. The molecule has 0 bridgehead atoms. The summed E-state index contributed by atoms with van der Waals surface area (Å²) in [6, 6.07) is 5.72. The van der Waals surface area contributed by atoms with Crippen molar-refractivity contribution in [3.8, 4) is 5.75 Å². The summed E-state index contributed by atoms with van der Waals surface area (Å²) in [6.07, 6.45) is 4.27. The van der Waals surface area contributed by atoms with Gasteiger partial charge in [0, 0.05) is 4.47 Å². The summed E-state index contributed by atoms with van der Waals surface area (Å²) in [5.41, 5.74) is 0.931. The first-order valence-electron chi connectivity index (χ1n) is 5.72. The largest absolute Gasteiger partial charge is 0.497 e. The van der Waals surface area contributed by atoms with Crippen LogP contribution in [0.15, 0.2) is 22.7 Å². The SMILES string of the molecule is COc1ccc(Br)c(C(O)CCC2CC2)c1. The predicted octanol–water partition coefficient (Wildman–Crippen LogP) is 3.68. The van der Waals surface area contributed by atoms with Crippen molar-refractivity contribution in [3.63, 3.8) is 0 Å². The van der Waals surface area contributed by atoms with E-state index in [1.54, 1.807) is 7.11 Å². The van der Waals surface area contributed by atoms with E-state index >= 15 is 0 Å². The highest BCUT2D eigenvalue weighted by molar-refractivity contribution is 9.10. The van der Waals surface area contributed by atoms with E-state index in [1.807, 2.05) is 18.2 Å². The van der Waals surface area contributed by atoms with Crippen LogP contribution in [0.3, 0.4) is 0 Å². The molecular formula is C13H17BrO2. The molecule has 1 fully saturated rings. The van der Waals surface area contributed by atoms with Crippen molar-refractivity contribution in [2.24, 2.45) is 5.92 Å². The van der Waals surface area contributed by atoms with Gasteiger partial charge in [-0.1, -0.05) is 28.8 Å². The highest BCUT2D eigenvalue weighted by Gasteiger charge is 2.23. The minimum Gasteiger partial charge on any atom is -0.497 e. The molecule has 2 rings (SSSR count). The minimum atomic E-state index is -0.384. The second kappa shape index (κ2) is 5.19. The Hall–Kier alpha value is -0.540. The maximum absolute atomic E-state index is 10.1. The van der Waals surface area contributed by atoms with Crippen LogP contribution in [0.1, 0.15) is 37.4 Å². The lowest BCUT2D eigenvalue weighted by Crippen LogP contribution is -2.00. The lowest BCUT2D eigenvalue weighted by atomic mass is 10.0. The van der Waals surface area contributed by atoms with E-state index in [9.17, 15) is 5.11 Å². The van der Waals surface area contributed by atoms with Gasteiger partial charge >= 0.3 is 0 Å². The third kappa shape index (κ3) is 2.98. The molecule has 3 heteroatoms. The van der Waals surface area contributed by atoms with E-state index in [0.29, 0.717) is 0 Å². The van der Waals surface area contributed by atoms with Crippen molar-refractivity contribution in [1.29, 1.82) is 0 Å². The third-order valence-corrected chi connectivity index (χ3v) is 3.83. The summed E-state index contributed by atoms with van der Waals surface area (Å²) in [4.78, 5) is 0. The number of hydrogen-bond donors (Lipinski definition) is 1. The molecule has 2 nitrogen and oxygen atoms in total. The van der Waals surface area contributed by atoms with Gasteiger partial charge in [0.25, 0.3) is 0 Å². The van der Waals surface area contributed by atoms with E-state index < -0.39 is 0 Å². The van der Waals surface area contributed by atoms with Crippen molar-refractivity contribution in [1.82, 2.24) is 0 Å². The van der Waals surface area contributed by atoms with Gasteiger partial charge in [0.2, 0.25) is 0 Å². The Morgan fingerprint density at radius 2 is 2.25 bits per heavy atom. The topological polar surface area (TPSA) is 29.5 Å². The normalized spacial score (nSPS) is 17.2. The highest BCUT2D eigenvalue weighted by Crippen LogP contribution is 2.37. The van der Waals surface area contributed by atoms with Crippen molar-refractivity contribution < 1.29 is 9.84 Å². The Bertz CT molecular complexity index is 361. The van der Waals surface area contributed by atoms with Crippen molar-refractivity contribution in [2.45, 2.75) is 31.8 Å². The molecule has 88 valence electrons. The van der Waals surface area contributed by atoms with Crippen LogP contribution < -0.4 is 4.74 Å². The van der Waals surface area contributed by atoms with Crippen LogP contribution >= 0.6 is 15.9 Å². The van der Waals surface area contributed by atoms with E-state index in [4.69, 9.17) is 4.74 Å². The molecule has 0 aliphatic heterocycles. The number of aliphatic hydroxyl groups is 1. The number of rotatable bonds is 5. The number of methoxy groups -OCH3 is 1. The highest BCUT2D eigenvalue weighted by atomic mass is 79.9. The Morgan fingerprint density at radius 1 is 1.50 bits per heavy atom. The number of hydrogen-bond acceptors (Lipinski definition) is 2. The van der Waals surface area contributed by atoms with E-state index in [-0.39, 0.29) is 6.10 Å². The molecule has 1 aromatic carbocycles. The lowest BCUT2D eigenvalue weighted by molar-refractivity contribution is 0.161. The fourth-order valence-electron chi connectivity index (χ4n) is 1.86. The van der Waals surface area contributed by atoms with Crippen LogP contribution in [0.2, 0.25) is 0 Å². The molecule has 1 unspecified atom stereocenters. The summed E-state index contributed by atoms with van der Waals surface area (Å²) in [5, 5.41) is 10.1. The first-order valence-corrected chi connectivity index (χ1v) is 6.51. The monoisotopic (exact) mass is 284 g/mol. The smallest absolute Gasteiger partial charge is 0.119 e. The first-order chi connectivity index (χ1) is 7.70. The van der Waals surface area contributed by atoms with E-state index in [0.717, 1.165) is 34.5 Å². The summed E-state index contributed by atoms with van der Waals surface area (Å²) in [6.45, 7) is 0. The van der Waals surface area contributed by atoms with Crippen molar-refractivity contribution >= 4 is 15.9 Å². The summed E-state index contributed by atoms with van der Waals surface area (Å²) in [7, 11) is 1.64. The van der Waals surface area contributed by atoms with Crippen molar-refractivity contribution in [3.05, 3.63) is 28.2 Å². The molecule has 0 aromatic heterocycles. The van der Waals surface area contributed by atoms with Crippen LogP contribution in [0.4, 0.5) is 0 Å². The molecule has 1 aliphatic carbocycles. The molecular weight excluding hydrogens is 268 g/mol. The molecule has 0 spiro atoms. The molecule has 16 heavy (non-hydrogen) atoms. The van der Waals surface area contributed by atoms with Crippen LogP contribution in [0, 0.1) is 5.92 Å². The summed E-state index contributed by atoms with van der Waals surface area (Å²) >= 11 is 3.47. The van der Waals surface area contributed by atoms with Gasteiger partial charge < -0.3 is 9.84 Å². The van der Waals surface area contributed by atoms with E-state index in [2.05, 4.69) is 15.9 Å². The minimum absolute atomic E-state index is 0.384. The Morgan fingerprint density at radius 3 is 2.88 bits per heavy atom. The Kier molecular flexibility index (Phi) is 3.87. The quantitative estimate of drug-likeness (QED) is 0.894. The number of aliphatic hydroxyl groups excluding tert-OH is 1. The molecule has 0 amide bonds. The maximum atomic E-state index is 10.1. The summed E-state index contributed by atoms with van der Waals surface area (Å²) < 4.78 is 6.12. The van der Waals surface area contributed by atoms with Gasteiger partial charge in [-0.25, -0.2) is 0 Å². The number of ether oxygens (including phenoxy) is 1. The maximum Gasteiger partial charge on any atom is 0.119 e. The lowest BCUT2D eigenvalue weighted by Gasteiger charge is -2.13. The van der Waals surface area contributed by atoms with Gasteiger partial charge in [0.15, 0.2) is 0 Å². The summed E-state index contributed by atoms with van der Waals surface area (Å²) in [5.74, 6) is 1.66. The molecule has 1 aliphatic rings. The fraction of sp³-hybridized carbons (Fsp3) is 0.538. The van der Waals surface area contributed by atoms with Crippen molar-refractivity contribution in [2.75, 3.05) is 7.11 Å². The van der Waals surface area contributed by atoms with Gasteiger partial charge in [-0.15, -0.1) is 0 Å². The third-order valence-electron chi connectivity index (χ3n) is 3.11. The van der Waals surface area contributed by atoms with Gasteiger partial charge in [-0.3, -0.25) is 0 Å². The van der Waals surface area contributed by atoms with Crippen LogP contribution in [-0.2, 0) is 0 Å². The van der Waals surface area contributed by atoms with Gasteiger partial charge in [0.05, 0.1) is 13.2 Å². The van der Waals surface area contributed by atoms with Crippen LogP contribution in [0.25, 0.3) is 0 Å². The Balaban J connectivity index is 2.04. The second-order valence-corrected chi connectivity index (χ2v) is 5.28. The Labute approximate surface area is 105 Å². The first kappa shape index (κ1) is 11.9. The number of halogens is 1. The zero-order chi connectivity index (χ0) is 11.5. The molecule has 0 saturated heterocycles. The standard InChI is InChI=1S/C13H17BrO2/c1-16-10-5-6-12(14)11(8-10)13(15)7-4-9-2-3-9/h5-6,8-9,13,15H,2-4,7H2,1H3. The zero-order valence-corrected chi connectivity index (χ0v) is 11.0. The average Bonchev–Trinajstić information content (AvgIpc) is 3.10. The molecule has 1 N–H and O–H groups in total. The zero-order valence-electron chi connectivity index (χ0n) is 9.45. The fourth-order valence-corrected chi connectivity index (χ4v) is 2.37. The molecule has 1 aromatic rings. The van der Waals surface area contributed by atoms with E-state index in [1.165, 1.54) is 12.8 Å². The molecule has 0 heterocycles. The molecule has 1 saturated carbocycles. The van der Waals surface area contributed by atoms with Gasteiger partial charge in [0.1, 0.15) is 5.75 Å².